The fourth-order valence-corrected chi connectivity index (χ4v) is 5.16. The number of esters is 1. The molecule has 2 N–H and O–H groups in total. The molecule has 0 bridgehead atoms. The highest BCUT2D eigenvalue weighted by Gasteiger charge is 2.41. The average Bonchev–Trinajstić information content (AvgIpc) is 2.78. The third kappa shape index (κ3) is 4.85. The molecule has 0 unspecified atom stereocenters. The van der Waals surface area contributed by atoms with Gasteiger partial charge in [-0.3, -0.25) is 4.79 Å². The maximum atomic E-state index is 12.8. The van der Waals surface area contributed by atoms with Crippen LogP contribution in [0.3, 0.4) is 0 Å². The van der Waals surface area contributed by atoms with Gasteiger partial charge < -0.3 is 19.9 Å². The van der Waals surface area contributed by atoms with Gasteiger partial charge in [0.25, 0.3) is 0 Å². The zero-order valence-corrected chi connectivity index (χ0v) is 21.3. The van der Waals surface area contributed by atoms with Crippen LogP contribution in [0.1, 0.15) is 36.3 Å². The zero-order chi connectivity index (χ0) is 23.7. The second-order valence-corrected chi connectivity index (χ2v) is 9.64. The maximum absolute atomic E-state index is 12.8. The summed E-state index contributed by atoms with van der Waals surface area (Å²) < 4.78 is 17.4. The van der Waals surface area contributed by atoms with Crippen molar-refractivity contribution >= 4 is 57.5 Å². The molecule has 0 amide bonds. The molecule has 2 aliphatic rings. The lowest BCUT2D eigenvalue weighted by Gasteiger charge is -2.32. The molecule has 0 saturated heterocycles. The number of halogens is 3. The molecule has 0 fully saturated rings. The number of allylic oxidation sites excluding steroid dienone is 2. The molecule has 2 aromatic carbocycles. The third-order valence-electron chi connectivity index (χ3n) is 5.58. The van der Waals surface area contributed by atoms with E-state index in [9.17, 15) is 9.59 Å². The molecule has 1 atom stereocenters. The van der Waals surface area contributed by atoms with Crippen molar-refractivity contribution in [3.63, 3.8) is 0 Å². The molecule has 6 nitrogen and oxygen atoms in total. The van der Waals surface area contributed by atoms with Gasteiger partial charge in [-0.2, -0.15) is 0 Å². The van der Waals surface area contributed by atoms with E-state index in [-0.39, 0.29) is 23.8 Å². The Bertz CT molecular complexity index is 1210. The van der Waals surface area contributed by atoms with E-state index in [2.05, 4.69) is 22.6 Å². The Morgan fingerprint density at radius 2 is 2.00 bits per heavy atom. The summed E-state index contributed by atoms with van der Waals surface area (Å²) >= 11 is 14.3. The van der Waals surface area contributed by atoms with E-state index in [0.717, 1.165) is 14.7 Å². The van der Waals surface area contributed by atoms with Crippen LogP contribution in [0.15, 0.2) is 59.2 Å². The van der Waals surface area contributed by atoms with Gasteiger partial charge in [0.05, 0.1) is 16.6 Å². The fourth-order valence-electron chi connectivity index (χ4n) is 4.01. The normalized spacial score (nSPS) is 18.1. The zero-order valence-electron chi connectivity index (χ0n) is 17.6. The minimum absolute atomic E-state index is 0.0342. The SMILES string of the molecule is COC(=O)C1=C(N)OC2=C(C(=O)CCC2)[C@@H]1c1ccc(OCc2ccc(Cl)cc2Cl)c(I)c1. The van der Waals surface area contributed by atoms with Crippen LogP contribution in [0.4, 0.5) is 0 Å². The molecule has 1 heterocycles. The molecule has 2 aromatic rings. The van der Waals surface area contributed by atoms with Gasteiger partial charge in [0.2, 0.25) is 5.88 Å². The van der Waals surface area contributed by atoms with Gasteiger partial charge in [-0.1, -0.05) is 35.3 Å². The predicted molar refractivity (Wildman–Crippen MR) is 133 cm³/mol. The van der Waals surface area contributed by atoms with Crippen molar-refractivity contribution in [3.8, 4) is 5.75 Å². The molecule has 0 radical (unpaired) electrons. The number of nitrogens with two attached hydrogens (primary N) is 1. The Kier molecular flexibility index (Phi) is 7.21. The van der Waals surface area contributed by atoms with Crippen molar-refractivity contribution in [1.82, 2.24) is 0 Å². The first-order valence-corrected chi connectivity index (χ1v) is 12.0. The minimum atomic E-state index is -0.665. The summed E-state index contributed by atoms with van der Waals surface area (Å²) in [7, 11) is 1.27. The molecular formula is C24H20Cl2INO5. The summed E-state index contributed by atoms with van der Waals surface area (Å²) in [6.45, 7) is 0.261. The van der Waals surface area contributed by atoms with E-state index in [0.29, 0.717) is 46.4 Å². The van der Waals surface area contributed by atoms with Crippen LogP contribution in [-0.4, -0.2) is 18.9 Å². The Hall–Kier alpha value is -2.23. The first-order valence-electron chi connectivity index (χ1n) is 10.2. The van der Waals surface area contributed by atoms with Crippen molar-refractivity contribution in [1.29, 1.82) is 0 Å². The van der Waals surface area contributed by atoms with E-state index in [1.165, 1.54) is 7.11 Å². The summed E-state index contributed by atoms with van der Waals surface area (Å²) in [6, 6.07) is 10.7. The molecule has 9 heteroatoms. The van der Waals surface area contributed by atoms with Crippen LogP contribution in [0.25, 0.3) is 0 Å². The fraction of sp³-hybridized carbons (Fsp3) is 0.250. The molecular weight excluding hydrogens is 580 g/mol. The number of ketones is 1. The number of carbonyl (C=O) groups excluding carboxylic acids is 2. The standard InChI is InChI=1S/C24H20Cl2INO5/c1-31-24(30)22-20(21-17(29)3-2-4-19(21)33-23(22)28)12-6-8-18(16(27)9-12)32-11-13-5-7-14(25)10-15(13)26/h5-10,20H,2-4,11,28H2,1H3/t20-/m0/s1. The van der Waals surface area contributed by atoms with Crippen molar-refractivity contribution < 1.29 is 23.8 Å². The number of benzene rings is 2. The van der Waals surface area contributed by atoms with Crippen LogP contribution in [0.5, 0.6) is 5.75 Å². The van der Waals surface area contributed by atoms with Crippen LogP contribution >= 0.6 is 45.8 Å². The lowest BCUT2D eigenvalue weighted by Crippen LogP contribution is -2.31. The molecule has 172 valence electrons. The van der Waals surface area contributed by atoms with Crippen molar-refractivity contribution in [2.45, 2.75) is 31.8 Å². The smallest absolute Gasteiger partial charge is 0.340 e. The third-order valence-corrected chi connectivity index (χ3v) is 7.01. The van der Waals surface area contributed by atoms with E-state index in [4.69, 9.17) is 43.1 Å². The second-order valence-electron chi connectivity index (χ2n) is 7.63. The van der Waals surface area contributed by atoms with Crippen molar-refractivity contribution in [3.05, 3.63) is 83.9 Å². The Morgan fingerprint density at radius 3 is 2.70 bits per heavy atom. The van der Waals surface area contributed by atoms with Crippen molar-refractivity contribution in [2.24, 2.45) is 5.73 Å². The quantitative estimate of drug-likeness (QED) is 0.353. The second kappa shape index (κ2) is 9.95. The molecule has 0 saturated carbocycles. The highest BCUT2D eigenvalue weighted by molar-refractivity contribution is 14.1. The lowest BCUT2D eigenvalue weighted by atomic mass is 9.77. The maximum Gasteiger partial charge on any atom is 0.340 e. The van der Waals surface area contributed by atoms with Gasteiger partial charge in [-0.15, -0.1) is 0 Å². The van der Waals surface area contributed by atoms with Gasteiger partial charge in [0.1, 0.15) is 23.7 Å². The van der Waals surface area contributed by atoms with Gasteiger partial charge in [-0.25, -0.2) is 4.79 Å². The summed E-state index contributed by atoms with van der Waals surface area (Å²) in [6.07, 6.45) is 1.67. The highest BCUT2D eigenvalue weighted by Crippen LogP contribution is 2.44. The van der Waals surface area contributed by atoms with E-state index < -0.39 is 11.9 Å². The number of hydrogen-bond acceptors (Lipinski definition) is 6. The summed E-state index contributed by atoms with van der Waals surface area (Å²) in [5.74, 6) is -0.222. The van der Waals surface area contributed by atoms with Crippen LogP contribution in [0, 0.1) is 3.57 Å². The molecule has 0 spiro atoms. The molecule has 33 heavy (non-hydrogen) atoms. The number of ether oxygens (including phenoxy) is 3. The summed E-state index contributed by atoms with van der Waals surface area (Å²) in [5.41, 5.74) is 8.23. The Balaban J connectivity index is 1.68. The number of methoxy groups -OCH3 is 1. The Labute approximate surface area is 214 Å². The Morgan fingerprint density at radius 1 is 1.21 bits per heavy atom. The van der Waals surface area contributed by atoms with Crippen LogP contribution in [-0.2, 0) is 25.7 Å². The van der Waals surface area contributed by atoms with Crippen LogP contribution < -0.4 is 10.5 Å². The topological polar surface area (TPSA) is 87.9 Å². The predicted octanol–water partition coefficient (Wildman–Crippen LogP) is 5.64. The first-order chi connectivity index (χ1) is 15.8. The van der Waals surface area contributed by atoms with E-state index in [1.54, 1.807) is 18.2 Å². The highest BCUT2D eigenvalue weighted by atomic mass is 127. The first kappa shape index (κ1) is 23.9. The monoisotopic (exact) mass is 599 g/mol. The van der Waals surface area contributed by atoms with Gasteiger partial charge in [0, 0.05) is 34.0 Å². The number of Topliss-reactive ketones (excluding diaryl/α,β-unsaturated/α-hetero) is 1. The molecule has 0 aromatic heterocycles. The average molecular weight is 600 g/mol. The number of carbonyl (C=O) groups is 2. The summed E-state index contributed by atoms with van der Waals surface area (Å²) in [4.78, 5) is 25.4. The number of hydrogen-bond donors (Lipinski definition) is 1. The summed E-state index contributed by atoms with van der Waals surface area (Å²) in [5, 5.41) is 1.08. The van der Waals surface area contributed by atoms with Gasteiger partial charge in [0.15, 0.2) is 5.78 Å². The van der Waals surface area contributed by atoms with Crippen molar-refractivity contribution in [2.75, 3.05) is 7.11 Å². The van der Waals surface area contributed by atoms with Gasteiger partial charge in [-0.05, 0) is 58.8 Å². The lowest BCUT2D eigenvalue weighted by molar-refractivity contribution is -0.136. The minimum Gasteiger partial charge on any atom is -0.488 e. The van der Waals surface area contributed by atoms with E-state index >= 15 is 0 Å². The molecule has 1 aliphatic carbocycles. The van der Waals surface area contributed by atoms with Gasteiger partial charge >= 0.3 is 5.97 Å². The largest absolute Gasteiger partial charge is 0.488 e. The van der Waals surface area contributed by atoms with Crippen LogP contribution in [0.2, 0.25) is 10.0 Å². The molecule has 4 rings (SSSR count). The van der Waals surface area contributed by atoms with E-state index in [1.807, 2.05) is 18.2 Å². The molecule has 1 aliphatic heterocycles. The number of rotatable bonds is 5.